The van der Waals surface area contributed by atoms with Crippen LogP contribution in [-0.2, 0) is 6.61 Å². The van der Waals surface area contributed by atoms with Crippen molar-refractivity contribution < 1.29 is 18.6 Å². The van der Waals surface area contributed by atoms with Gasteiger partial charge in [-0.25, -0.2) is 8.78 Å². The van der Waals surface area contributed by atoms with E-state index in [4.69, 9.17) is 4.74 Å². The van der Waals surface area contributed by atoms with Gasteiger partial charge in [0.15, 0.2) is 0 Å². The highest BCUT2D eigenvalue weighted by Gasteiger charge is 2.12. The number of rotatable bonds is 5. The highest BCUT2D eigenvalue weighted by atomic mass is 19.1. The lowest BCUT2D eigenvalue weighted by Crippen LogP contribution is -2.04. The predicted molar refractivity (Wildman–Crippen MR) is 72.4 cm³/mol. The predicted octanol–water partition coefficient (Wildman–Crippen LogP) is 3.99. The fourth-order valence-electron chi connectivity index (χ4n) is 1.92. The Labute approximate surface area is 116 Å². The normalized spacial score (nSPS) is 12.2. The number of ether oxygens (including phenoxy) is 1. The summed E-state index contributed by atoms with van der Waals surface area (Å²) in [6, 6.07) is 10.3. The summed E-state index contributed by atoms with van der Waals surface area (Å²) in [4.78, 5) is 0. The zero-order valence-electron chi connectivity index (χ0n) is 11.1. The van der Waals surface area contributed by atoms with Gasteiger partial charge >= 0.3 is 0 Å². The fourth-order valence-corrected chi connectivity index (χ4v) is 1.92. The van der Waals surface area contributed by atoms with E-state index in [2.05, 4.69) is 0 Å². The molecule has 0 aliphatic rings. The summed E-state index contributed by atoms with van der Waals surface area (Å²) in [6.07, 6.45) is -0.0853. The van der Waals surface area contributed by atoms with Crippen molar-refractivity contribution in [2.24, 2.45) is 0 Å². The minimum absolute atomic E-state index is 0.0863. The lowest BCUT2D eigenvalue weighted by atomic mass is 10.1. The molecule has 0 aliphatic carbocycles. The molecule has 0 spiro atoms. The monoisotopic (exact) mass is 278 g/mol. The molecule has 1 atom stereocenters. The van der Waals surface area contributed by atoms with Crippen molar-refractivity contribution in [1.29, 1.82) is 0 Å². The average Bonchev–Trinajstić information content (AvgIpc) is 2.47. The molecule has 0 unspecified atom stereocenters. The Kier molecular flexibility index (Phi) is 4.69. The first-order valence-corrected chi connectivity index (χ1v) is 6.45. The fraction of sp³-hybridized carbons (Fsp3) is 0.250. The second-order valence-corrected chi connectivity index (χ2v) is 4.49. The Bertz CT molecular complexity index is 584. The van der Waals surface area contributed by atoms with E-state index in [1.807, 2.05) is 6.92 Å². The topological polar surface area (TPSA) is 29.5 Å². The van der Waals surface area contributed by atoms with Gasteiger partial charge in [0.25, 0.3) is 0 Å². The van der Waals surface area contributed by atoms with Crippen LogP contribution in [0.5, 0.6) is 5.75 Å². The van der Waals surface area contributed by atoms with Crippen LogP contribution in [0.3, 0.4) is 0 Å². The van der Waals surface area contributed by atoms with E-state index in [9.17, 15) is 13.9 Å². The van der Waals surface area contributed by atoms with Crippen LogP contribution in [0.1, 0.15) is 30.6 Å². The van der Waals surface area contributed by atoms with Crippen LogP contribution in [0, 0.1) is 11.6 Å². The SMILES string of the molecule is CC[C@H](O)c1ccccc1OCc1cc(F)ccc1F. The molecule has 2 rings (SSSR count). The highest BCUT2D eigenvalue weighted by Crippen LogP contribution is 2.27. The molecule has 2 aromatic carbocycles. The molecule has 106 valence electrons. The first-order chi connectivity index (χ1) is 9.61. The van der Waals surface area contributed by atoms with Crippen LogP contribution >= 0.6 is 0 Å². The molecule has 2 nitrogen and oxygen atoms in total. The van der Waals surface area contributed by atoms with Crippen molar-refractivity contribution in [2.75, 3.05) is 0 Å². The molecule has 0 heterocycles. The van der Waals surface area contributed by atoms with Gasteiger partial charge < -0.3 is 9.84 Å². The first-order valence-electron chi connectivity index (χ1n) is 6.45. The number of aliphatic hydroxyl groups excluding tert-OH is 1. The largest absolute Gasteiger partial charge is 0.488 e. The second kappa shape index (κ2) is 6.48. The van der Waals surface area contributed by atoms with E-state index >= 15 is 0 Å². The van der Waals surface area contributed by atoms with Crippen LogP contribution < -0.4 is 4.74 Å². The summed E-state index contributed by atoms with van der Waals surface area (Å²) in [5, 5.41) is 9.89. The van der Waals surface area contributed by atoms with Gasteiger partial charge in [0, 0.05) is 11.1 Å². The molecule has 1 N–H and O–H groups in total. The number of halogens is 2. The standard InChI is InChI=1S/C16H16F2O2/c1-2-15(19)13-5-3-4-6-16(13)20-10-11-9-12(17)7-8-14(11)18/h3-9,15,19H,2,10H2,1H3/t15-/m0/s1. The van der Waals surface area contributed by atoms with Gasteiger partial charge in [0.2, 0.25) is 0 Å². The van der Waals surface area contributed by atoms with Crippen molar-refractivity contribution >= 4 is 0 Å². The van der Waals surface area contributed by atoms with Crippen molar-refractivity contribution in [3.05, 3.63) is 65.2 Å². The Balaban J connectivity index is 2.17. The quantitative estimate of drug-likeness (QED) is 0.896. The Morgan fingerprint density at radius 2 is 1.90 bits per heavy atom. The maximum atomic E-state index is 13.5. The minimum Gasteiger partial charge on any atom is -0.488 e. The molecular formula is C16H16F2O2. The maximum absolute atomic E-state index is 13.5. The lowest BCUT2D eigenvalue weighted by Gasteiger charge is -2.15. The maximum Gasteiger partial charge on any atom is 0.130 e. The molecule has 0 saturated carbocycles. The van der Waals surface area contributed by atoms with Gasteiger partial charge in [-0.15, -0.1) is 0 Å². The van der Waals surface area contributed by atoms with Gasteiger partial charge in [0.1, 0.15) is 24.0 Å². The van der Waals surface area contributed by atoms with E-state index in [0.717, 1.165) is 18.2 Å². The third kappa shape index (κ3) is 3.33. The number of hydrogen-bond donors (Lipinski definition) is 1. The van der Waals surface area contributed by atoms with Crippen LogP contribution in [-0.4, -0.2) is 5.11 Å². The Hall–Kier alpha value is -1.94. The third-order valence-corrected chi connectivity index (χ3v) is 3.06. The summed E-state index contributed by atoms with van der Waals surface area (Å²) in [5.74, 6) is -0.544. The van der Waals surface area contributed by atoms with E-state index in [1.165, 1.54) is 0 Å². The van der Waals surface area contributed by atoms with E-state index in [-0.39, 0.29) is 12.2 Å². The van der Waals surface area contributed by atoms with Gasteiger partial charge in [-0.05, 0) is 30.7 Å². The molecule has 0 radical (unpaired) electrons. The Morgan fingerprint density at radius 1 is 1.15 bits per heavy atom. The second-order valence-electron chi connectivity index (χ2n) is 4.49. The number of hydrogen-bond acceptors (Lipinski definition) is 2. The zero-order valence-corrected chi connectivity index (χ0v) is 11.1. The van der Waals surface area contributed by atoms with E-state index in [1.54, 1.807) is 24.3 Å². The molecule has 0 saturated heterocycles. The lowest BCUT2D eigenvalue weighted by molar-refractivity contribution is 0.166. The van der Waals surface area contributed by atoms with Crippen molar-refractivity contribution in [3.63, 3.8) is 0 Å². The average molecular weight is 278 g/mol. The molecular weight excluding hydrogens is 262 g/mol. The number of benzene rings is 2. The van der Waals surface area contributed by atoms with Crippen molar-refractivity contribution in [2.45, 2.75) is 26.1 Å². The molecule has 2 aromatic rings. The van der Waals surface area contributed by atoms with E-state index in [0.29, 0.717) is 17.7 Å². The van der Waals surface area contributed by atoms with Gasteiger partial charge in [-0.2, -0.15) is 0 Å². The van der Waals surface area contributed by atoms with Crippen LogP contribution in [0.4, 0.5) is 8.78 Å². The molecule has 20 heavy (non-hydrogen) atoms. The molecule has 0 fully saturated rings. The van der Waals surface area contributed by atoms with Gasteiger partial charge in [-0.1, -0.05) is 25.1 Å². The molecule has 0 aliphatic heterocycles. The summed E-state index contributed by atoms with van der Waals surface area (Å²) < 4.78 is 32.1. The smallest absolute Gasteiger partial charge is 0.130 e. The molecule has 0 amide bonds. The van der Waals surface area contributed by atoms with Gasteiger partial charge in [-0.3, -0.25) is 0 Å². The van der Waals surface area contributed by atoms with Gasteiger partial charge in [0.05, 0.1) is 6.10 Å². The highest BCUT2D eigenvalue weighted by molar-refractivity contribution is 5.35. The summed E-state index contributed by atoms with van der Waals surface area (Å²) in [5.41, 5.74) is 0.789. The number of aliphatic hydroxyl groups is 1. The molecule has 0 aromatic heterocycles. The molecule has 4 heteroatoms. The summed E-state index contributed by atoms with van der Waals surface area (Å²) in [7, 11) is 0. The zero-order chi connectivity index (χ0) is 14.5. The van der Waals surface area contributed by atoms with Crippen LogP contribution in [0.15, 0.2) is 42.5 Å². The van der Waals surface area contributed by atoms with Crippen LogP contribution in [0.2, 0.25) is 0 Å². The van der Waals surface area contributed by atoms with Crippen molar-refractivity contribution in [3.8, 4) is 5.75 Å². The Morgan fingerprint density at radius 3 is 2.65 bits per heavy atom. The molecule has 0 bridgehead atoms. The van der Waals surface area contributed by atoms with Crippen molar-refractivity contribution in [1.82, 2.24) is 0 Å². The summed E-state index contributed by atoms with van der Waals surface area (Å²) in [6.45, 7) is 1.77. The first kappa shape index (κ1) is 14.5. The minimum atomic E-state index is -0.636. The van der Waals surface area contributed by atoms with E-state index < -0.39 is 17.7 Å². The van der Waals surface area contributed by atoms with Crippen LogP contribution in [0.25, 0.3) is 0 Å². The number of para-hydroxylation sites is 1. The summed E-state index contributed by atoms with van der Waals surface area (Å²) >= 11 is 0. The third-order valence-electron chi connectivity index (χ3n) is 3.06.